The normalized spacial score (nSPS) is 15.8. The van der Waals surface area contributed by atoms with Gasteiger partial charge in [0.2, 0.25) is 8.32 Å². The lowest BCUT2D eigenvalue weighted by atomic mass is 9.91. The van der Waals surface area contributed by atoms with E-state index < -0.39 is 22.2 Å². The molecule has 1 N–H and O–H groups in total. The highest BCUT2D eigenvalue weighted by atomic mass is 28.4. The summed E-state index contributed by atoms with van der Waals surface area (Å²) in [6.07, 6.45) is 2.20. The van der Waals surface area contributed by atoms with Crippen molar-refractivity contribution in [2.24, 2.45) is 0 Å². The molecule has 0 aliphatic heterocycles. The Kier molecular flexibility index (Phi) is 7.60. The van der Waals surface area contributed by atoms with Gasteiger partial charge in [-0.15, -0.1) is 6.58 Å². The van der Waals surface area contributed by atoms with E-state index in [1.165, 1.54) is 0 Å². The van der Waals surface area contributed by atoms with E-state index >= 15 is 0 Å². The van der Waals surface area contributed by atoms with Crippen molar-refractivity contribution in [1.82, 2.24) is 0 Å². The van der Waals surface area contributed by atoms with E-state index in [4.69, 9.17) is 8.85 Å². The van der Waals surface area contributed by atoms with Gasteiger partial charge in [0.15, 0.2) is 8.32 Å². The van der Waals surface area contributed by atoms with Crippen LogP contribution < -0.4 is 4.43 Å². The van der Waals surface area contributed by atoms with E-state index in [0.29, 0.717) is 6.42 Å². The van der Waals surface area contributed by atoms with Crippen molar-refractivity contribution in [3.8, 4) is 5.75 Å². The molecule has 3 nitrogen and oxygen atoms in total. The van der Waals surface area contributed by atoms with Crippen LogP contribution in [0.3, 0.4) is 0 Å². The zero-order chi connectivity index (χ0) is 22.0. The summed E-state index contributed by atoms with van der Waals surface area (Å²) in [7, 11) is -3.92. The average molecular weight is 423 g/mol. The Labute approximate surface area is 175 Å². The predicted molar refractivity (Wildman–Crippen MR) is 126 cm³/mol. The van der Waals surface area contributed by atoms with Gasteiger partial charge in [-0.05, 0) is 54.0 Å². The first-order valence-electron chi connectivity index (χ1n) is 10.2. The van der Waals surface area contributed by atoms with Crippen molar-refractivity contribution in [2.45, 2.75) is 89.8 Å². The van der Waals surface area contributed by atoms with E-state index in [9.17, 15) is 5.11 Å². The number of hydrogen-bond acceptors (Lipinski definition) is 3. The summed E-state index contributed by atoms with van der Waals surface area (Å²) in [5.41, 5.74) is -0.285. The van der Waals surface area contributed by atoms with Crippen molar-refractivity contribution in [3.05, 3.63) is 42.5 Å². The van der Waals surface area contributed by atoms with Crippen LogP contribution in [0.25, 0.3) is 0 Å². The first kappa shape index (κ1) is 25.2. The maximum atomic E-state index is 11.5. The first-order valence-corrected chi connectivity index (χ1v) is 16.0. The van der Waals surface area contributed by atoms with Gasteiger partial charge in [-0.1, -0.05) is 59.8 Å². The second-order valence-corrected chi connectivity index (χ2v) is 20.5. The maximum Gasteiger partial charge on any atom is 0.250 e. The molecule has 160 valence electrons. The fourth-order valence-corrected chi connectivity index (χ4v) is 4.37. The van der Waals surface area contributed by atoms with Crippen LogP contribution in [0.5, 0.6) is 5.75 Å². The molecule has 0 spiro atoms. The molecule has 0 fully saturated rings. The minimum atomic E-state index is -1.97. The van der Waals surface area contributed by atoms with Crippen molar-refractivity contribution in [2.75, 3.05) is 6.61 Å². The Morgan fingerprint density at radius 3 is 1.96 bits per heavy atom. The largest absolute Gasteiger partial charge is 0.543 e. The monoisotopic (exact) mass is 422 g/mol. The summed E-state index contributed by atoms with van der Waals surface area (Å²) in [6, 6.07) is 7.86. The molecule has 0 aliphatic carbocycles. The van der Waals surface area contributed by atoms with Crippen LogP contribution in [0.4, 0.5) is 0 Å². The van der Waals surface area contributed by atoms with Gasteiger partial charge in [0.1, 0.15) is 11.4 Å². The molecule has 1 atom stereocenters. The van der Waals surface area contributed by atoms with Crippen LogP contribution in [-0.4, -0.2) is 28.3 Å². The second kappa shape index (κ2) is 8.46. The van der Waals surface area contributed by atoms with Gasteiger partial charge in [0.05, 0.1) is 6.61 Å². The van der Waals surface area contributed by atoms with Gasteiger partial charge in [0, 0.05) is 6.42 Å². The summed E-state index contributed by atoms with van der Waals surface area (Å²) < 4.78 is 12.8. The zero-order valence-electron chi connectivity index (χ0n) is 19.8. The number of benzene rings is 1. The molecule has 1 unspecified atom stereocenters. The Hall–Kier alpha value is -0.886. The fourth-order valence-electron chi connectivity index (χ4n) is 2.31. The lowest BCUT2D eigenvalue weighted by Gasteiger charge is -2.40. The quantitative estimate of drug-likeness (QED) is 0.367. The van der Waals surface area contributed by atoms with Crippen LogP contribution in [0.2, 0.25) is 36.3 Å². The summed E-state index contributed by atoms with van der Waals surface area (Å²) >= 11 is 0. The smallest absolute Gasteiger partial charge is 0.250 e. The molecule has 0 bridgehead atoms. The zero-order valence-corrected chi connectivity index (χ0v) is 21.8. The van der Waals surface area contributed by atoms with E-state index in [1.54, 1.807) is 6.08 Å². The summed E-state index contributed by atoms with van der Waals surface area (Å²) in [4.78, 5) is 0. The molecule has 0 aromatic heterocycles. The predicted octanol–water partition coefficient (Wildman–Crippen LogP) is 6.86. The van der Waals surface area contributed by atoms with Gasteiger partial charge in [-0.2, -0.15) is 0 Å². The summed E-state index contributed by atoms with van der Waals surface area (Å²) in [5.74, 6) is 0.818. The molecule has 0 aliphatic rings. The molecule has 1 rings (SSSR count). The number of hydrogen-bond donors (Lipinski definition) is 1. The van der Waals surface area contributed by atoms with Gasteiger partial charge in [-0.25, -0.2) is 0 Å². The fraction of sp³-hybridized carbons (Fsp3) is 0.652. The van der Waals surface area contributed by atoms with E-state index in [2.05, 4.69) is 74.3 Å². The molecule has 0 saturated heterocycles. The topological polar surface area (TPSA) is 38.7 Å². The third kappa shape index (κ3) is 6.05. The highest BCUT2D eigenvalue weighted by molar-refractivity contribution is 6.75. The SMILES string of the molecule is C=CCC(O)(CO[Si](C)(C)C(C)(C)C)c1cccc(O[Si](C)(C)C(C)(C)C)c1. The molecule has 5 heteroatoms. The molecule has 0 heterocycles. The molecule has 1 aromatic rings. The molecule has 28 heavy (non-hydrogen) atoms. The van der Waals surface area contributed by atoms with Gasteiger partial charge >= 0.3 is 0 Å². The Morgan fingerprint density at radius 1 is 0.964 bits per heavy atom. The van der Waals surface area contributed by atoms with Crippen LogP contribution >= 0.6 is 0 Å². The Morgan fingerprint density at radius 2 is 1.50 bits per heavy atom. The Bertz CT molecular complexity index is 669. The molecule has 0 radical (unpaired) electrons. The molecule has 1 aromatic carbocycles. The first-order chi connectivity index (χ1) is 12.5. The van der Waals surface area contributed by atoms with Crippen molar-refractivity contribution in [3.63, 3.8) is 0 Å². The highest BCUT2D eigenvalue weighted by Crippen LogP contribution is 2.40. The van der Waals surface area contributed by atoms with Crippen LogP contribution in [0.15, 0.2) is 36.9 Å². The van der Waals surface area contributed by atoms with Crippen molar-refractivity contribution < 1.29 is 14.0 Å². The van der Waals surface area contributed by atoms with Gasteiger partial charge < -0.3 is 14.0 Å². The van der Waals surface area contributed by atoms with Crippen LogP contribution in [-0.2, 0) is 10.0 Å². The van der Waals surface area contributed by atoms with E-state index in [0.717, 1.165) is 11.3 Å². The minimum absolute atomic E-state index is 0.0926. The van der Waals surface area contributed by atoms with Crippen molar-refractivity contribution >= 4 is 16.6 Å². The standard InChI is InChI=1S/C23H42O3Si2/c1-12-16-23(24,18-25-27(8,9)21(2,3)4)19-14-13-15-20(17-19)26-28(10,11)22(5,6)7/h12-15,17,24H,1,16,18H2,2-11H3. The van der Waals surface area contributed by atoms with Crippen LogP contribution in [0.1, 0.15) is 53.5 Å². The molecular formula is C23H42O3Si2. The summed E-state index contributed by atoms with van der Waals surface area (Å²) in [5, 5.41) is 11.7. The Balaban J connectivity index is 3.16. The number of rotatable bonds is 8. The lowest BCUT2D eigenvalue weighted by molar-refractivity contribution is -0.0117. The average Bonchev–Trinajstić information content (AvgIpc) is 2.51. The third-order valence-electron chi connectivity index (χ3n) is 6.51. The molecule has 0 saturated carbocycles. The van der Waals surface area contributed by atoms with Gasteiger partial charge in [-0.3, -0.25) is 0 Å². The summed E-state index contributed by atoms with van der Waals surface area (Å²) in [6.45, 7) is 26.3. The number of aliphatic hydroxyl groups is 1. The maximum absolute atomic E-state index is 11.5. The van der Waals surface area contributed by atoms with E-state index in [1.807, 2.05) is 24.3 Å². The second-order valence-electron chi connectivity index (χ2n) is 11.0. The molecule has 0 amide bonds. The van der Waals surface area contributed by atoms with Crippen LogP contribution in [0, 0.1) is 0 Å². The lowest BCUT2D eigenvalue weighted by Crippen LogP contribution is -2.45. The van der Waals surface area contributed by atoms with Crippen molar-refractivity contribution in [1.29, 1.82) is 0 Å². The minimum Gasteiger partial charge on any atom is -0.543 e. The van der Waals surface area contributed by atoms with E-state index in [-0.39, 0.29) is 16.7 Å². The third-order valence-corrected chi connectivity index (χ3v) is 15.3. The molecular weight excluding hydrogens is 380 g/mol. The van der Waals surface area contributed by atoms with Gasteiger partial charge in [0.25, 0.3) is 0 Å². The highest BCUT2D eigenvalue weighted by Gasteiger charge is 2.41.